The zero-order valence-corrected chi connectivity index (χ0v) is 5.79. The number of halogens is 1. The van der Waals surface area contributed by atoms with E-state index in [-0.39, 0.29) is 24.0 Å². The maximum Gasteiger partial charge on any atom is 0.173 e. The number of hydrogen-bond donors (Lipinski definition) is 0. The van der Waals surface area contributed by atoms with Crippen molar-refractivity contribution in [2.75, 3.05) is 0 Å². The molecule has 0 bridgehead atoms. The average Bonchev–Trinajstić information content (AvgIpc) is 1.72. The van der Waals surface area contributed by atoms with Gasteiger partial charge in [0, 0.05) is 0 Å². The lowest BCUT2D eigenvalue weighted by Crippen LogP contribution is -3.00. The lowest BCUT2D eigenvalue weighted by Gasteiger charge is -1.65. The van der Waals surface area contributed by atoms with E-state index in [9.17, 15) is 0 Å². The SMILES string of the molecule is [C+]1=CC=CN=C1.[I-]. The van der Waals surface area contributed by atoms with Gasteiger partial charge in [0.05, 0.1) is 6.08 Å². The molecule has 1 nitrogen and oxygen atoms in total. The van der Waals surface area contributed by atoms with Gasteiger partial charge in [-0.15, -0.1) is 0 Å². The smallest absolute Gasteiger partial charge is 0.173 e. The molecule has 1 heterocycles. The first kappa shape index (κ1) is 6.79. The van der Waals surface area contributed by atoms with Crippen molar-refractivity contribution in [2.24, 2.45) is 4.99 Å². The van der Waals surface area contributed by atoms with E-state index in [4.69, 9.17) is 0 Å². The molecule has 0 aromatic carbocycles. The van der Waals surface area contributed by atoms with Gasteiger partial charge >= 0.3 is 0 Å². The Morgan fingerprint density at radius 3 is 2.43 bits per heavy atom. The number of allylic oxidation sites excluding steroid dienone is 3. The minimum absolute atomic E-state index is 0. The highest BCUT2D eigenvalue weighted by Crippen LogP contribution is 1.80. The molecule has 1 rings (SSSR count). The summed E-state index contributed by atoms with van der Waals surface area (Å²) in [6.45, 7) is 0. The predicted molar refractivity (Wildman–Crippen MR) is 25.4 cm³/mol. The van der Waals surface area contributed by atoms with E-state index in [1.807, 2.05) is 12.2 Å². The van der Waals surface area contributed by atoms with Gasteiger partial charge in [0.2, 0.25) is 0 Å². The third-order valence-corrected chi connectivity index (χ3v) is 0.514. The van der Waals surface area contributed by atoms with Gasteiger partial charge < -0.3 is 24.0 Å². The van der Waals surface area contributed by atoms with Gasteiger partial charge in [-0.1, -0.05) is 0 Å². The molecule has 0 amide bonds. The molecular weight excluding hydrogens is 201 g/mol. The molecule has 0 saturated carbocycles. The Morgan fingerprint density at radius 2 is 2.29 bits per heavy atom. The fourth-order valence-corrected chi connectivity index (χ4v) is 0.277. The summed E-state index contributed by atoms with van der Waals surface area (Å²) in [5.41, 5.74) is 0. The average molecular weight is 205 g/mol. The van der Waals surface area contributed by atoms with E-state index in [0.717, 1.165) is 0 Å². The second-order valence-electron chi connectivity index (χ2n) is 0.953. The van der Waals surface area contributed by atoms with E-state index in [1.165, 1.54) is 0 Å². The quantitative estimate of drug-likeness (QED) is 0.319. The van der Waals surface area contributed by atoms with Gasteiger partial charge in [-0.25, -0.2) is 4.99 Å². The van der Waals surface area contributed by atoms with Crippen LogP contribution in [0.2, 0.25) is 0 Å². The molecule has 0 unspecified atom stereocenters. The van der Waals surface area contributed by atoms with E-state index >= 15 is 0 Å². The summed E-state index contributed by atoms with van der Waals surface area (Å²) < 4.78 is 0. The number of hydrogen-bond acceptors (Lipinski definition) is 1. The zero-order chi connectivity index (χ0) is 4.24. The van der Waals surface area contributed by atoms with Crippen molar-refractivity contribution < 1.29 is 24.0 Å². The summed E-state index contributed by atoms with van der Waals surface area (Å²) in [6, 6.07) is 0. The highest BCUT2D eigenvalue weighted by molar-refractivity contribution is 5.68. The molecule has 36 valence electrons. The zero-order valence-electron chi connectivity index (χ0n) is 3.63. The van der Waals surface area contributed by atoms with Crippen molar-refractivity contribution in [1.82, 2.24) is 0 Å². The molecule has 0 spiro atoms. The van der Waals surface area contributed by atoms with Crippen LogP contribution >= 0.6 is 0 Å². The largest absolute Gasteiger partial charge is 1.00 e. The fraction of sp³-hybridized carbons (Fsp3) is 0. The molecular formula is C5H4IN. The van der Waals surface area contributed by atoms with E-state index in [1.54, 1.807) is 12.4 Å². The molecule has 0 atom stereocenters. The number of aliphatic imine (C=N–C) groups is 1. The van der Waals surface area contributed by atoms with Crippen LogP contribution in [0.4, 0.5) is 0 Å². The summed E-state index contributed by atoms with van der Waals surface area (Å²) >= 11 is 0. The van der Waals surface area contributed by atoms with Crippen molar-refractivity contribution >= 4 is 6.21 Å². The van der Waals surface area contributed by atoms with Crippen molar-refractivity contribution in [3.8, 4) is 0 Å². The molecule has 0 saturated heterocycles. The molecule has 1 aliphatic heterocycles. The molecule has 1 aliphatic rings. The van der Waals surface area contributed by atoms with Crippen LogP contribution in [0.3, 0.4) is 0 Å². The van der Waals surface area contributed by atoms with Crippen LogP contribution in [0.5, 0.6) is 0 Å². The lowest BCUT2D eigenvalue weighted by molar-refractivity contribution is -0.00000120. The van der Waals surface area contributed by atoms with Crippen LogP contribution < -0.4 is 24.0 Å². The minimum atomic E-state index is 0. The first-order valence-corrected chi connectivity index (χ1v) is 1.76. The van der Waals surface area contributed by atoms with E-state index < -0.39 is 0 Å². The molecule has 0 aromatic heterocycles. The van der Waals surface area contributed by atoms with Crippen LogP contribution in [0.25, 0.3) is 0 Å². The Kier molecular flexibility index (Phi) is 3.84. The summed E-state index contributed by atoms with van der Waals surface area (Å²) in [5, 5.41) is 0. The van der Waals surface area contributed by atoms with Gasteiger partial charge in [-0.3, -0.25) is 0 Å². The second-order valence-corrected chi connectivity index (χ2v) is 0.953. The normalized spacial score (nSPS) is 12.6. The van der Waals surface area contributed by atoms with E-state index in [2.05, 4.69) is 11.1 Å². The Balaban J connectivity index is 0.000000360. The number of nitrogens with zero attached hydrogens (tertiary/aromatic N) is 1. The van der Waals surface area contributed by atoms with Crippen LogP contribution in [-0.4, -0.2) is 6.21 Å². The molecule has 0 fully saturated rings. The fourth-order valence-electron chi connectivity index (χ4n) is 0.277. The van der Waals surface area contributed by atoms with Crippen molar-refractivity contribution in [2.45, 2.75) is 0 Å². The highest BCUT2D eigenvalue weighted by Gasteiger charge is 1.80. The standard InChI is InChI=1S/C5H4N.HI/c1-2-4-6-5-3-1;/h1-2,4-5H;1H/q+1;/p-1. The number of rotatable bonds is 0. The van der Waals surface area contributed by atoms with E-state index in [0.29, 0.717) is 0 Å². The van der Waals surface area contributed by atoms with Gasteiger partial charge in [0.25, 0.3) is 0 Å². The van der Waals surface area contributed by atoms with Crippen molar-refractivity contribution in [3.05, 3.63) is 24.4 Å². The van der Waals surface area contributed by atoms with Crippen molar-refractivity contribution in [1.29, 1.82) is 0 Å². The minimum Gasteiger partial charge on any atom is -1.00 e. The Labute approximate surface area is 59.9 Å². The lowest BCUT2D eigenvalue weighted by atomic mass is 10.4. The first-order chi connectivity index (χ1) is 3.00. The Hall–Kier alpha value is -0.210. The van der Waals surface area contributed by atoms with Gasteiger partial charge in [-0.05, 0) is 0 Å². The van der Waals surface area contributed by atoms with Crippen molar-refractivity contribution in [3.63, 3.8) is 0 Å². The van der Waals surface area contributed by atoms with Crippen LogP contribution in [0, 0.1) is 6.08 Å². The third-order valence-electron chi connectivity index (χ3n) is 0.514. The van der Waals surface area contributed by atoms with Crippen LogP contribution in [0.1, 0.15) is 0 Å². The topological polar surface area (TPSA) is 12.4 Å². The Bertz CT molecular complexity index is 77.5. The summed E-state index contributed by atoms with van der Waals surface area (Å²) in [5.74, 6) is 0. The monoisotopic (exact) mass is 205 g/mol. The Morgan fingerprint density at radius 1 is 1.43 bits per heavy atom. The third kappa shape index (κ3) is 2.48. The van der Waals surface area contributed by atoms with Crippen LogP contribution in [0.15, 0.2) is 23.3 Å². The molecule has 2 heteroatoms. The molecule has 0 radical (unpaired) electrons. The van der Waals surface area contributed by atoms with Crippen LogP contribution in [-0.2, 0) is 0 Å². The van der Waals surface area contributed by atoms with Gasteiger partial charge in [0.15, 0.2) is 12.3 Å². The summed E-state index contributed by atoms with van der Waals surface area (Å²) in [7, 11) is 0. The van der Waals surface area contributed by atoms with Gasteiger partial charge in [-0.2, -0.15) is 0 Å². The second kappa shape index (κ2) is 3.96. The molecule has 7 heavy (non-hydrogen) atoms. The molecule has 0 N–H and O–H groups in total. The molecule has 0 aliphatic carbocycles. The van der Waals surface area contributed by atoms with Gasteiger partial charge in [0.1, 0.15) is 12.3 Å². The maximum absolute atomic E-state index is 3.73. The maximum atomic E-state index is 3.73. The molecule has 0 aromatic rings. The first-order valence-electron chi connectivity index (χ1n) is 1.76. The summed E-state index contributed by atoms with van der Waals surface area (Å²) in [6.07, 6.45) is 9.77. The summed E-state index contributed by atoms with van der Waals surface area (Å²) in [4.78, 5) is 3.73. The highest BCUT2D eigenvalue weighted by atomic mass is 127. The predicted octanol–water partition coefficient (Wildman–Crippen LogP) is -2.05.